The molecule has 0 aliphatic rings. The van der Waals surface area contributed by atoms with Crippen molar-refractivity contribution >= 4 is 6.72 Å². The molecule has 0 aromatic carbocycles. The van der Waals surface area contributed by atoms with Crippen LogP contribution in [0.1, 0.15) is 40.5 Å². The van der Waals surface area contributed by atoms with Gasteiger partial charge in [-0.1, -0.05) is 54.2 Å². The molecule has 0 radical (unpaired) electrons. The first-order valence-electron chi connectivity index (χ1n) is 6.93. The number of aliphatic imine (C=N–C) groups is 1. The first-order chi connectivity index (χ1) is 9.51. The van der Waals surface area contributed by atoms with Crippen molar-refractivity contribution < 1.29 is 0 Å². The average Bonchev–Trinajstić information content (AvgIpc) is 2.40. The van der Waals surface area contributed by atoms with E-state index in [4.69, 9.17) is 0 Å². The smallest absolute Gasteiger partial charge is 0.0295 e. The predicted octanol–water partition coefficient (Wildman–Crippen LogP) is 5.95. The molecular formula is C19H27N. The van der Waals surface area contributed by atoms with Gasteiger partial charge in [-0.3, -0.25) is 4.99 Å². The Balaban J connectivity index is 4.70. The molecule has 0 aliphatic carbocycles. The average molecular weight is 269 g/mol. The minimum Gasteiger partial charge on any atom is -0.272 e. The minimum absolute atomic E-state index is 0.853. The Morgan fingerprint density at radius 2 is 1.80 bits per heavy atom. The molecule has 108 valence electrons. The van der Waals surface area contributed by atoms with Gasteiger partial charge in [0, 0.05) is 6.20 Å². The maximum atomic E-state index is 3.91. The van der Waals surface area contributed by atoms with E-state index >= 15 is 0 Å². The van der Waals surface area contributed by atoms with Crippen molar-refractivity contribution in [1.29, 1.82) is 0 Å². The van der Waals surface area contributed by atoms with Crippen molar-refractivity contribution in [2.24, 2.45) is 4.99 Å². The fraction of sp³-hybridized carbons (Fsp3) is 0.316. The number of allylic oxidation sites excluding steroid dienone is 10. The van der Waals surface area contributed by atoms with Crippen LogP contribution in [0.15, 0.2) is 76.5 Å². The molecule has 1 heteroatoms. The van der Waals surface area contributed by atoms with Crippen molar-refractivity contribution in [1.82, 2.24) is 0 Å². The summed E-state index contributed by atoms with van der Waals surface area (Å²) in [7, 11) is 0. The SMILES string of the molecule is C=N/C=C(\C=C(\C)C/C=C\C)C/C=C\C=C(\C)C(=C)C. The van der Waals surface area contributed by atoms with Crippen LogP contribution in [0.2, 0.25) is 0 Å². The summed E-state index contributed by atoms with van der Waals surface area (Å²) in [6.45, 7) is 15.7. The third-order valence-electron chi connectivity index (χ3n) is 2.87. The van der Waals surface area contributed by atoms with Gasteiger partial charge in [0.05, 0.1) is 0 Å². The lowest BCUT2D eigenvalue weighted by atomic mass is 10.1. The lowest BCUT2D eigenvalue weighted by Crippen LogP contribution is -1.80. The summed E-state index contributed by atoms with van der Waals surface area (Å²) in [6, 6.07) is 0. The van der Waals surface area contributed by atoms with E-state index in [2.05, 4.69) is 68.6 Å². The van der Waals surface area contributed by atoms with E-state index in [1.165, 1.54) is 16.7 Å². The third-order valence-corrected chi connectivity index (χ3v) is 2.87. The number of nitrogens with zero attached hydrogens (tertiary/aromatic N) is 1. The van der Waals surface area contributed by atoms with E-state index in [0.717, 1.165) is 18.4 Å². The fourth-order valence-electron chi connectivity index (χ4n) is 1.50. The molecule has 1 nitrogen and oxygen atoms in total. The van der Waals surface area contributed by atoms with E-state index in [9.17, 15) is 0 Å². The Kier molecular flexibility index (Phi) is 9.94. The standard InChI is InChI=1S/C19H27N/c1-7-8-11-17(4)14-19(15-20-6)13-10-9-12-18(5)16(2)3/h7-10,12,14-15H,2,6,11,13H2,1,3-5H3/b8-7-,10-9-,17-14-,18-12-,19-15-. The summed E-state index contributed by atoms with van der Waals surface area (Å²) in [4.78, 5) is 3.87. The lowest BCUT2D eigenvalue weighted by Gasteiger charge is -2.00. The van der Waals surface area contributed by atoms with Crippen LogP contribution < -0.4 is 0 Å². The maximum absolute atomic E-state index is 3.91. The molecule has 0 fully saturated rings. The van der Waals surface area contributed by atoms with E-state index in [1.54, 1.807) is 0 Å². The highest BCUT2D eigenvalue weighted by Gasteiger charge is 1.92. The molecule has 0 amide bonds. The molecule has 0 unspecified atom stereocenters. The first-order valence-corrected chi connectivity index (χ1v) is 6.93. The van der Waals surface area contributed by atoms with Gasteiger partial charge in [0.1, 0.15) is 0 Å². The topological polar surface area (TPSA) is 12.4 Å². The Hall–Kier alpha value is -1.89. The van der Waals surface area contributed by atoms with Crippen molar-refractivity contribution in [3.63, 3.8) is 0 Å². The largest absolute Gasteiger partial charge is 0.272 e. The van der Waals surface area contributed by atoms with Gasteiger partial charge in [0.25, 0.3) is 0 Å². The van der Waals surface area contributed by atoms with Crippen LogP contribution in [0, 0.1) is 0 Å². The number of hydrogen-bond donors (Lipinski definition) is 0. The molecule has 20 heavy (non-hydrogen) atoms. The van der Waals surface area contributed by atoms with Crippen LogP contribution in [-0.2, 0) is 0 Å². The zero-order valence-electron chi connectivity index (χ0n) is 13.3. The Morgan fingerprint density at radius 3 is 2.35 bits per heavy atom. The van der Waals surface area contributed by atoms with Gasteiger partial charge in [-0.05, 0) is 58.4 Å². The highest BCUT2D eigenvalue weighted by Crippen LogP contribution is 2.12. The summed E-state index contributed by atoms with van der Waals surface area (Å²) >= 11 is 0. The predicted molar refractivity (Wildman–Crippen MR) is 93.1 cm³/mol. The van der Waals surface area contributed by atoms with Crippen LogP contribution in [0.5, 0.6) is 0 Å². The van der Waals surface area contributed by atoms with Crippen molar-refractivity contribution in [2.45, 2.75) is 40.5 Å². The second-order valence-electron chi connectivity index (χ2n) is 4.91. The Labute approximate surface area is 124 Å². The Morgan fingerprint density at radius 1 is 1.10 bits per heavy atom. The summed E-state index contributed by atoms with van der Waals surface area (Å²) in [6.07, 6.45) is 16.3. The molecular weight excluding hydrogens is 242 g/mol. The van der Waals surface area contributed by atoms with Gasteiger partial charge in [0.15, 0.2) is 0 Å². The third kappa shape index (κ3) is 9.09. The van der Waals surface area contributed by atoms with E-state index < -0.39 is 0 Å². The molecule has 0 aromatic rings. The molecule has 0 spiro atoms. The summed E-state index contributed by atoms with van der Waals surface area (Å²) < 4.78 is 0. The molecule has 0 saturated heterocycles. The summed E-state index contributed by atoms with van der Waals surface area (Å²) in [5.74, 6) is 0. The van der Waals surface area contributed by atoms with Crippen LogP contribution in [0.3, 0.4) is 0 Å². The summed E-state index contributed by atoms with van der Waals surface area (Å²) in [5.41, 5.74) is 4.79. The highest BCUT2D eigenvalue weighted by atomic mass is 14.6. The van der Waals surface area contributed by atoms with Gasteiger partial charge in [-0.2, -0.15) is 0 Å². The molecule has 0 bridgehead atoms. The molecule has 0 heterocycles. The second kappa shape index (κ2) is 11.0. The molecule has 0 atom stereocenters. The van der Waals surface area contributed by atoms with E-state index in [0.29, 0.717) is 0 Å². The summed E-state index contributed by atoms with van der Waals surface area (Å²) in [5, 5.41) is 0. The quantitative estimate of drug-likeness (QED) is 0.293. The van der Waals surface area contributed by atoms with Crippen molar-refractivity contribution in [3.05, 3.63) is 71.5 Å². The zero-order chi connectivity index (χ0) is 15.4. The van der Waals surface area contributed by atoms with Crippen LogP contribution >= 0.6 is 0 Å². The van der Waals surface area contributed by atoms with Crippen molar-refractivity contribution in [2.75, 3.05) is 0 Å². The van der Waals surface area contributed by atoms with Gasteiger partial charge in [-0.25, -0.2) is 0 Å². The van der Waals surface area contributed by atoms with Gasteiger partial charge in [-0.15, -0.1) is 0 Å². The number of rotatable bonds is 8. The molecule has 0 N–H and O–H groups in total. The minimum atomic E-state index is 0.853. The van der Waals surface area contributed by atoms with Gasteiger partial charge < -0.3 is 0 Å². The first kappa shape index (κ1) is 18.1. The fourth-order valence-corrected chi connectivity index (χ4v) is 1.50. The van der Waals surface area contributed by atoms with Crippen molar-refractivity contribution in [3.8, 4) is 0 Å². The monoisotopic (exact) mass is 269 g/mol. The second-order valence-corrected chi connectivity index (χ2v) is 4.91. The van der Waals surface area contributed by atoms with E-state index in [-0.39, 0.29) is 0 Å². The maximum Gasteiger partial charge on any atom is 0.0295 e. The van der Waals surface area contributed by atoms with Crippen LogP contribution in [-0.4, -0.2) is 6.72 Å². The molecule has 0 aromatic heterocycles. The molecule has 0 rings (SSSR count). The zero-order valence-corrected chi connectivity index (χ0v) is 13.3. The van der Waals surface area contributed by atoms with Crippen LogP contribution in [0.25, 0.3) is 0 Å². The van der Waals surface area contributed by atoms with Crippen LogP contribution in [0.4, 0.5) is 0 Å². The lowest BCUT2D eigenvalue weighted by molar-refractivity contribution is 1.16. The molecule has 0 saturated carbocycles. The number of hydrogen-bond acceptors (Lipinski definition) is 1. The van der Waals surface area contributed by atoms with Gasteiger partial charge >= 0.3 is 0 Å². The van der Waals surface area contributed by atoms with E-state index in [1.807, 2.05) is 20.0 Å². The molecule has 0 aliphatic heterocycles. The van der Waals surface area contributed by atoms with Gasteiger partial charge in [0.2, 0.25) is 0 Å². The Bertz CT molecular complexity index is 468. The normalized spacial score (nSPS) is 14.3. The highest BCUT2D eigenvalue weighted by molar-refractivity contribution is 5.32.